The number of amides is 1. The molecular formula is C19H20Cl2N2O. The van der Waals surface area contributed by atoms with E-state index in [-0.39, 0.29) is 5.91 Å². The summed E-state index contributed by atoms with van der Waals surface area (Å²) in [5, 5.41) is 0.883. The number of benzene rings is 2. The number of halogens is 2. The Morgan fingerprint density at radius 2 is 1.62 bits per heavy atom. The predicted molar refractivity (Wildman–Crippen MR) is 98.8 cm³/mol. The van der Waals surface area contributed by atoms with E-state index in [9.17, 15) is 4.79 Å². The van der Waals surface area contributed by atoms with Crippen molar-refractivity contribution in [2.24, 2.45) is 0 Å². The van der Waals surface area contributed by atoms with E-state index in [0.29, 0.717) is 21.7 Å². The summed E-state index contributed by atoms with van der Waals surface area (Å²) in [6.45, 7) is 5.38. The van der Waals surface area contributed by atoms with Crippen LogP contribution < -0.4 is 0 Å². The lowest BCUT2D eigenvalue weighted by Crippen LogP contribution is -2.49. The molecule has 1 aliphatic heterocycles. The van der Waals surface area contributed by atoms with E-state index in [2.05, 4.69) is 36.1 Å². The molecule has 0 spiro atoms. The van der Waals surface area contributed by atoms with Gasteiger partial charge in [0, 0.05) is 37.8 Å². The molecule has 0 unspecified atom stereocenters. The van der Waals surface area contributed by atoms with Gasteiger partial charge in [-0.05, 0) is 30.7 Å². The molecule has 0 aliphatic carbocycles. The van der Waals surface area contributed by atoms with Crippen molar-refractivity contribution in [2.75, 3.05) is 26.2 Å². The normalized spacial score (nSPS) is 16.9. The molecule has 2 aromatic carbocycles. The van der Waals surface area contributed by atoms with Gasteiger partial charge in [-0.2, -0.15) is 0 Å². The van der Waals surface area contributed by atoms with E-state index in [1.807, 2.05) is 11.0 Å². The maximum atomic E-state index is 12.6. The molecular weight excluding hydrogens is 343 g/mol. The summed E-state index contributed by atoms with van der Waals surface area (Å²) in [4.78, 5) is 16.9. The summed E-state index contributed by atoms with van der Waals surface area (Å²) in [7, 11) is 0. The van der Waals surface area contributed by atoms with Crippen molar-refractivity contribution in [3.8, 4) is 0 Å². The third-order valence-corrected chi connectivity index (χ3v) is 5.34. The van der Waals surface area contributed by atoms with Crippen molar-refractivity contribution in [2.45, 2.75) is 13.0 Å². The summed E-state index contributed by atoms with van der Waals surface area (Å²) in [5.41, 5.74) is 1.90. The Bertz CT molecular complexity index is 713. The molecule has 1 aliphatic rings. The molecule has 0 bridgehead atoms. The average molecular weight is 363 g/mol. The Labute approximate surface area is 152 Å². The minimum absolute atomic E-state index is 0.0144. The topological polar surface area (TPSA) is 23.6 Å². The second-order valence-electron chi connectivity index (χ2n) is 6.04. The highest BCUT2D eigenvalue weighted by Crippen LogP contribution is 2.25. The van der Waals surface area contributed by atoms with E-state index in [1.165, 1.54) is 5.56 Å². The van der Waals surface area contributed by atoms with Crippen LogP contribution in [-0.2, 0) is 0 Å². The first kappa shape index (κ1) is 17.3. The van der Waals surface area contributed by atoms with Gasteiger partial charge in [-0.3, -0.25) is 9.69 Å². The second kappa shape index (κ2) is 7.56. The average Bonchev–Trinajstić information content (AvgIpc) is 2.63. The minimum Gasteiger partial charge on any atom is -0.336 e. The van der Waals surface area contributed by atoms with Crippen LogP contribution >= 0.6 is 23.2 Å². The highest BCUT2D eigenvalue weighted by atomic mass is 35.5. The van der Waals surface area contributed by atoms with Crippen molar-refractivity contribution in [3.63, 3.8) is 0 Å². The molecule has 1 atom stereocenters. The van der Waals surface area contributed by atoms with Crippen molar-refractivity contribution in [3.05, 3.63) is 69.7 Å². The smallest absolute Gasteiger partial charge is 0.253 e. The Morgan fingerprint density at radius 3 is 2.25 bits per heavy atom. The first-order valence-corrected chi connectivity index (χ1v) is 8.85. The lowest BCUT2D eigenvalue weighted by Gasteiger charge is -2.38. The molecule has 1 amide bonds. The lowest BCUT2D eigenvalue weighted by molar-refractivity contribution is 0.0582. The van der Waals surface area contributed by atoms with Crippen LogP contribution in [0.5, 0.6) is 0 Å². The molecule has 0 N–H and O–H groups in total. The highest BCUT2D eigenvalue weighted by molar-refractivity contribution is 6.42. The Balaban J connectivity index is 1.62. The number of carbonyl (C=O) groups excluding carboxylic acids is 1. The van der Waals surface area contributed by atoms with Crippen LogP contribution in [0.15, 0.2) is 48.5 Å². The Kier molecular flexibility index (Phi) is 5.44. The van der Waals surface area contributed by atoms with Crippen LogP contribution in [0.3, 0.4) is 0 Å². The number of hydrogen-bond acceptors (Lipinski definition) is 2. The Hall–Kier alpha value is -1.55. The van der Waals surface area contributed by atoms with Crippen LogP contribution in [0.4, 0.5) is 0 Å². The number of hydrogen-bond donors (Lipinski definition) is 0. The Morgan fingerprint density at radius 1 is 0.958 bits per heavy atom. The zero-order valence-electron chi connectivity index (χ0n) is 13.6. The van der Waals surface area contributed by atoms with Crippen LogP contribution in [0.1, 0.15) is 28.9 Å². The van der Waals surface area contributed by atoms with Crippen molar-refractivity contribution >= 4 is 29.1 Å². The fourth-order valence-electron chi connectivity index (χ4n) is 3.07. The molecule has 3 rings (SSSR count). The molecule has 0 aromatic heterocycles. The maximum Gasteiger partial charge on any atom is 0.253 e. The lowest BCUT2D eigenvalue weighted by atomic mass is 10.1. The van der Waals surface area contributed by atoms with E-state index in [1.54, 1.807) is 18.2 Å². The number of carbonyl (C=O) groups is 1. The van der Waals surface area contributed by atoms with Gasteiger partial charge in [-0.25, -0.2) is 0 Å². The van der Waals surface area contributed by atoms with Crippen LogP contribution in [-0.4, -0.2) is 41.9 Å². The number of piperazine rings is 1. The summed E-state index contributed by atoms with van der Waals surface area (Å²) < 4.78 is 0. The molecule has 3 nitrogen and oxygen atoms in total. The van der Waals surface area contributed by atoms with Gasteiger partial charge in [0.1, 0.15) is 0 Å². The summed E-state index contributed by atoms with van der Waals surface area (Å²) in [5.74, 6) is 0.0144. The zero-order chi connectivity index (χ0) is 17.1. The standard InChI is InChI=1S/C19H20Cl2N2O/c1-14(15-5-3-2-4-6-15)22-9-11-23(12-10-22)19(24)16-7-8-17(20)18(21)13-16/h2-8,13-14H,9-12H2,1H3/t14-/m1/s1. The first-order chi connectivity index (χ1) is 11.6. The zero-order valence-corrected chi connectivity index (χ0v) is 15.1. The summed E-state index contributed by atoms with van der Waals surface area (Å²) in [6.07, 6.45) is 0. The quantitative estimate of drug-likeness (QED) is 0.801. The van der Waals surface area contributed by atoms with Crippen molar-refractivity contribution in [1.82, 2.24) is 9.80 Å². The highest BCUT2D eigenvalue weighted by Gasteiger charge is 2.25. The third-order valence-electron chi connectivity index (χ3n) is 4.60. The molecule has 126 valence electrons. The van der Waals surface area contributed by atoms with E-state index in [4.69, 9.17) is 23.2 Å². The third kappa shape index (κ3) is 3.75. The number of rotatable bonds is 3. The molecule has 0 radical (unpaired) electrons. The van der Waals surface area contributed by atoms with Crippen molar-refractivity contribution in [1.29, 1.82) is 0 Å². The van der Waals surface area contributed by atoms with Gasteiger partial charge in [-0.1, -0.05) is 53.5 Å². The molecule has 0 saturated carbocycles. The molecule has 5 heteroatoms. The molecule has 2 aromatic rings. The van der Waals surface area contributed by atoms with Gasteiger partial charge in [0.15, 0.2) is 0 Å². The summed E-state index contributed by atoms with van der Waals surface area (Å²) >= 11 is 11.9. The fraction of sp³-hybridized carbons (Fsp3) is 0.316. The second-order valence-corrected chi connectivity index (χ2v) is 6.86. The first-order valence-electron chi connectivity index (χ1n) is 8.09. The van der Waals surface area contributed by atoms with Gasteiger partial charge < -0.3 is 4.90 Å². The van der Waals surface area contributed by atoms with E-state index in [0.717, 1.165) is 26.2 Å². The van der Waals surface area contributed by atoms with Crippen molar-refractivity contribution < 1.29 is 4.79 Å². The molecule has 1 saturated heterocycles. The predicted octanol–water partition coefficient (Wildman–Crippen LogP) is 4.51. The van der Waals surface area contributed by atoms with Gasteiger partial charge >= 0.3 is 0 Å². The number of nitrogens with zero attached hydrogens (tertiary/aromatic N) is 2. The van der Waals surface area contributed by atoms with Gasteiger partial charge in [0.2, 0.25) is 0 Å². The van der Waals surface area contributed by atoms with Gasteiger partial charge in [0.05, 0.1) is 10.0 Å². The van der Waals surface area contributed by atoms with Crippen LogP contribution in [0.25, 0.3) is 0 Å². The van der Waals surface area contributed by atoms with E-state index < -0.39 is 0 Å². The minimum atomic E-state index is 0.0144. The molecule has 24 heavy (non-hydrogen) atoms. The molecule has 1 fully saturated rings. The molecule has 1 heterocycles. The van der Waals surface area contributed by atoms with Gasteiger partial charge in [-0.15, -0.1) is 0 Å². The fourth-order valence-corrected chi connectivity index (χ4v) is 3.36. The SMILES string of the molecule is C[C@H](c1ccccc1)N1CCN(C(=O)c2ccc(Cl)c(Cl)c2)CC1. The largest absolute Gasteiger partial charge is 0.336 e. The van der Waals surface area contributed by atoms with E-state index >= 15 is 0 Å². The van der Waals surface area contributed by atoms with Gasteiger partial charge in [0.25, 0.3) is 5.91 Å². The summed E-state index contributed by atoms with van der Waals surface area (Å²) in [6, 6.07) is 15.9. The monoisotopic (exact) mass is 362 g/mol. The maximum absolute atomic E-state index is 12.6. The van der Waals surface area contributed by atoms with Crippen LogP contribution in [0, 0.1) is 0 Å². The van der Waals surface area contributed by atoms with Crippen LogP contribution in [0.2, 0.25) is 10.0 Å².